The molecule has 142 valence electrons. The Hall–Kier alpha value is -2.82. The van der Waals surface area contributed by atoms with Gasteiger partial charge in [-0.1, -0.05) is 32.0 Å². The molecule has 5 heteroatoms. The summed E-state index contributed by atoms with van der Waals surface area (Å²) < 4.78 is 0. The topological polar surface area (TPSA) is 61.4 Å². The summed E-state index contributed by atoms with van der Waals surface area (Å²) >= 11 is 0. The Morgan fingerprint density at radius 1 is 1.04 bits per heavy atom. The third-order valence-corrected chi connectivity index (χ3v) is 4.49. The van der Waals surface area contributed by atoms with Gasteiger partial charge in [-0.2, -0.15) is 0 Å². The van der Waals surface area contributed by atoms with Crippen LogP contribution in [0.1, 0.15) is 60.1 Å². The van der Waals surface area contributed by atoms with E-state index in [9.17, 15) is 9.59 Å². The zero-order chi connectivity index (χ0) is 19.6. The van der Waals surface area contributed by atoms with Crippen LogP contribution in [-0.4, -0.2) is 29.3 Å². The highest BCUT2D eigenvalue weighted by molar-refractivity contribution is 5.99. The summed E-state index contributed by atoms with van der Waals surface area (Å²) in [4.78, 5) is 26.8. The predicted molar refractivity (Wildman–Crippen MR) is 108 cm³/mol. The van der Waals surface area contributed by atoms with Crippen molar-refractivity contribution < 1.29 is 9.59 Å². The zero-order valence-electron chi connectivity index (χ0n) is 16.3. The van der Waals surface area contributed by atoms with E-state index in [1.165, 1.54) is 0 Å². The smallest absolute Gasteiger partial charge is 0.256 e. The molecule has 0 saturated heterocycles. The molecule has 0 aliphatic carbocycles. The Bertz CT molecular complexity index is 828. The molecule has 2 amide bonds. The molecule has 1 atom stereocenters. The number of nitrogens with zero attached hydrogens (tertiary/aromatic N) is 1. The standard InChI is InChI=1S/C22H27N3O2/c1-14(2)13-25-20(18-7-5-6-8-19(18)22(25)27)24-17-11-9-16(10-12-17)21(26)23-15(3)4/h5-12,14-15,20,24H,13H2,1-4H3,(H,23,26)/t20-/m1/s1. The summed E-state index contributed by atoms with van der Waals surface area (Å²) in [5.74, 6) is 0.346. The molecular formula is C22H27N3O2. The molecule has 3 rings (SSSR count). The molecule has 2 N–H and O–H groups in total. The monoisotopic (exact) mass is 365 g/mol. The summed E-state index contributed by atoms with van der Waals surface area (Å²) in [5, 5.41) is 6.35. The zero-order valence-corrected chi connectivity index (χ0v) is 16.3. The van der Waals surface area contributed by atoms with E-state index in [2.05, 4.69) is 24.5 Å². The molecular weight excluding hydrogens is 338 g/mol. The molecule has 2 aromatic rings. The third kappa shape index (κ3) is 4.13. The first kappa shape index (κ1) is 19.0. The summed E-state index contributed by atoms with van der Waals surface area (Å²) in [6.07, 6.45) is -0.202. The molecule has 0 radical (unpaired) electrons. The molecule has 1 heterocycles. The molecule has 0 fully saturated rings. The second kappa shape index (κ2) is 7.82. The van der Waals surface area contributed by atoms with Crippen molar-refractivity contribution >= 4 is 17.5 Å². The van der Waals surface area contributed by atoms with Gasteiger partial charge in [-0.3, -0.25) is 9.59 Å². The van der Waals surface area contributed by atoms with Crippen LogP contribution in [0.25, 0.3) is 0 Å². The summed E-state index contributed by atoms with van der Waals surface area (Å²) in [7, 11) is 0. The van der Waals surface area contributed by atoms with Crippen molar-refractivity contribution in [1.82, 2.24) is 10.2 Å². The van der Waals surface area contributed by atoms with Gasteiger partial charge in [-0.05, 0) is 50.1 Å². The molecule has 0 spiro atoms. The van der Waals surface area contributed by atoms with Crippen LogP contribution >= 0.6 is 0 Å². The maximum absolute atomic E-state index is 12.8. The first-order chi connectivity index (χ1) is 12.9. The minimum atomic E-state index is -0.202. The number of hydrogen-bond acceptors (Lipinski definition) is 3. The second-order valence-electron chi connectivity index (χ2n) is 7.69. The number of amides is 2. The Morgan fingerprint density at radius 2 is 1.70 bits per heavy atom. The van der Waals surface area contributed by atoms with E-state index in [0.717, 1.165) is 16.8 Å². The number of benzene rings is 2. The van der Waals surface area contributed by atoms with E-state index in [-0.39, 0.29) is 24.0 Å². The van der Waals surface area contributed by atoms with E-state index >= 15 is 0 Å². The van der Waals surface area contributed by atoms with Crippen molar-refractivity contribution in [3.05, 3.63) is 65.2 Å². The normalized spacial score (nSPS) is 16.0. The largest absolute Gasteiger partial charge is 0.361 e. The van der Waals surface area contributed by atoms with Crippen LogP contribution in [0, 0.1) is 5.92 Å². The summed E-state index contributed by atoms with van der Waals surface area (Å²) in [6, 6.07) is 15.2. The van der Waals surface area contributed by atoms with E-state index in [1.54, 1.807) is 12.1 Å². The first-order valence-electron chi connectivity index (χ1n) is 9.44. The highest BCUT2D eigenvalue weighted by atomic mass is 16.2. The molecule has 0 bridgehead atoms. The Balaban J connectivity index is 1.82. The van der Waals surface area contributed by atoms with Gasteiger partial charge in [-0.25, -0.2) is 0 Å². The lowest BCUT2D eigenvalue weighted by Gasteiger charge is -2.28. The molecule has 0 saturated carbocycles. The Morgan fingerprint density at radius 3 is 2.33 bits per heavy atom. The van der Waals surface area contributed by atoms with Crippen molar-refractivity contribution in [2.24, 2.45) is 5.92 Å². The van der Waals surface area contributed by atoms with E-state index in [0.29, 0.717) is 18.0 Å². The second-order valence-corrected chi connectivity index (χ2v) is 7.69. The lowest BCUT2D eigenvalue weighted by atomic mass is 10.1. The molecule has 5 nitrogen and oxygen atoms in total. The lowest BCUT2D eigenvalue weighted by molar-refractivity contribution is 0.0720. The van der Waals surface area contributed by atoms with Crippen LogP contribution in [0.3, 0.4) is 0 Å². The quantitative estimate of drug-likeness (QED) is 0.812. The highest BCUT2D eigenvalue weighted by Crippen LogP contribution is 2.34. The number of nitrogens with one attached hydrogen (secondary N) is 2. The van der Waals surface area contributed by atoms with Crippen LogP contribution < -0.4 is 10.6 Å². The first-order valence-corrected chi connectivity index (χ1v) is 9.44. The fraction of sp³-hybridized carbons (Fsp3) is 0.364. The number of carbonyl (C=O) groups excluding carboxylic acids is 2. The minimum absolute atomic E-state index is 0.0599. The van der Waals surface area contributed by atoms with Gasteiger partial charge in [0, 0.05) is 35.0 Å². The van der Waals surface area contributed by atoms with Crippen LogP contribution in [0.5, 0.6) is 0 Å². The van der Waals surface area contributed by atoms with Crippen molar-refractivity contribution in [2.45, 2.75) is 39.9 Å². The molecule has 27 heavy (non-hydrogen) atoms. The van der Waals surface area contributed by atoms with Gasteiger partial charge in [0.2, 0.25) is 0 Å². The van der Waals surface area contributed by atoms with Gasteiger partial charge >= 0.3 is 0 Å². The highest BCUT2D eigenvalue weighted by Gasteiger charge is 2.36. The van der Waals surface area contributed by atoms with Gasteiger partial charge in [0.15, 0.2) is 0 Å². The number of anilines is 1. The Kier molecular flexibility index (Phi) is 5.49. The van der Waals surface area contributed by atoms with Crippen LogP contribution in [0.2, 0.25) is 0 Å². The maximum Gasteiger partial charge on any atom is 0.256 e. The molecule has 0 aromatic heterocycles. The van der Waals surface area contributed by atoms with Gasteiger partial charge in [0.05, 0.1) is 0 Å². The molecule has 0 unspecified atom stereocenters. The number of fused-ring (bicyclic) bond motifs is 1. The van der Waals surface area contributed by atoms with E-state index < -0.39 is 0 Å². The van der Waals surface area contributed by atoms with Crippen molar-refractivity contribution in [3.8, 4) is 0 Å². The van der Waals surface area contributed by atoms with Crippen molar-refractivity contribution in [1.29, 1.82) is 0 Å². The SMILES string of the molecule is CC(C)CN1C(=O)c2ccccc2[C@@H]1Nc1ccc(C(=O)NC(C)C)cc1. The average molecular weight is 365 g/mol. The molecule has 2 aromatic carbocycles. The van der Waals surface area contributed by atoms with Crippen LogP contribution in [-0.2, 0) is 0 Å². The van der Waals surface area contributed by atoms with E-state index in [4.69, 9.17) is 0 Å². The Labute approximate surface area is 160 Å². The molecule has 1 aliphatic heterocycles. The fourth-order valence-corrected chi connectivity index (χ4v) is 3.33. The summed E-state index contributed by atoms with van der Waals surface area (Å²) in [5.41, 5.74) is 3.24. The van der Waals surface area contributed by atoms with Crippen LogP contribution in [0.4, 0.5) is 5.69 Å². The van der Waals surface area contributed by atoms with Gasteiger partial charge in [0.25, 0.3) is 11.8 Å². The van der Waals surface area contributed by atoms with Crippen molar-refractivity contribution in [3.63, 3.8) is 0 Å². The number of hydrogen-bond donors (Lipinski definition) is 2. The maximum atomic E-state index is 12.8. The van der Waals surface area contributed by atoms with Crippen molar-refractivity contribution in [2.75, 3.05) is 11.9 Å². The van der Waals surface area contributed by atoms with Gasteiger partial charge in [-0.15, -0.1) is 0 Å². The fourth-order valence-electron chi connectivity index (χ4n) is 3.33. The molecule has 1 aliphatic rings. The van der Waals surface area contributed by atoms with Gasteiger partial charge < -0.3 is 15.5 Å². The van der Waals surface area contributed by atoms with Gasteiger partial charge in [0.1, 0.15) is 6.17 Å². The van der Waals surface area contributed by atoms with Crippen LogP contribution in [0.15, 0.2) is 48.5 Å². The predicted octanol–water partition coefficient (Wildman–Crippen LogP) is 4.05. The average Bonchev–Trinajstić information content (AvgIpc) is 2.87. The van der Waals surface area contributed by atoms with E-state index in [1.807, 2.05) is 55.1 Å². The minimum Gasteiger partial charge on any atom is -0.361 e. The number of carbonyl (C=O) groups is 2. The number of rotatable bonds is 6. The third-order valence-electron chi connectivity index (χ3n) is 4.49. The lowest BCUT2D eigenvalue weighted by Crippen LogP contribution is -2.35. The summed E-state index contributed by atoms with van der Waals surface area (Å²) in [6.45, 7) is 8.77.